The van der Waals surface area contributed by atoms with Crippen LogP contribution in [0.5, 0.6) is 5.88 Å². The Bertz CT molecular complexity index is 320. The Hall–Kier alpha value is -0.870. The second kappa shape index (κ2) is 5.88. The van der Waals surface area contributed by atoms with Gasteiger partial charge in [-0.3, -0.25) is 0 Å². The van der Waals surface area contributed by atoms with E-state index in [1.165, 1.54) is 0 Å². The van der Waals surface area contributed by atoms with E-state index in [0.717, 1.165) is 5.69 Å². The first-order chi connectivity index (χ1) is 7.15. The van der Waals surface area contributed by atoms with Crippen molar-refractivity contribution < 1.29 is 9.47 Å². The first-order valence-corrected chi connectivity index (χ1v) is 5.11. The molecule has 4 nitrogen and oxygen atoms in total. The summed E-state index contributed by atoms with van der Waals surface area (Å²) in [6.07, 6.45) is 0.648. The molecule has 1 unspecified atom stereocenters. The normalized spacial score (nSPS) is 12.5. The lowest BCUT2D eigenvalue weighted by Gasteiger charge is -2.08. The van der Waals surface area contributed by atoms with Crippen molar-refractivity contribution in [2.45, 2.75) is 18.7 Å². The number of rotatable bonds is 5. The van der Waals surface area contributed by atoms with Crippen LogP contribution in [0.25, 0.3) is 0 Å². The summed E-state index contributed by atoms with van der Waals surface area (Å²) < 4.78 is 10.0. The van der Waals surface area contributed by atoms with Gasteiger partial charge in [-0.05, 0) is 6.92 Å². The van der Waals surface area contributed by atoms with Crippen molar-refractivity contribution in [1.29, 1.82) is 0 Å². The van der Waals surface area contributed by atoms with Crippen LogP contribution >= 0.6 is 11.6 Å². The molecule has 1 atom stereocenters. The van der Waals surface area contributed by atoms with Gasteiger partial charge in [0, 0.05) is 25.3 Å². The summed E-state index contributed by atoms with van der Waals surface area (Å²) in [6.45, 7) is 2.33. The van der Waals surface area contributed by atoms with Crippen LogP contribution in [0.3, 0.4) is 0 Å². The van der Waals surface area contributed by atoms with Crippen molar-refractivity contribution in [3.63, 3.8) is 0 Å². The van der Waals surface area contributed by atoms with Gasteiger partial charge in [0.15, 0.2) is 0 Å². The Morgan fingerprint density at radius 3 is 2.73 bits per heavy atom. The largest absolute Gasteiger partial charge is 0.481 e. The predicted molar refractivity (Wildman–Crippen MR) is 58.5 cm³/mol. The van der Waals surface area contributed by atoms with Crippen molar-refractivity contribution in [3.05, 3.63) is 17.6 Å². The van der Waals surface area contributed by atoms with Crippen molar-refractivity contribution in [2.75, 3.05) is 20.8 Å². The van der Waals surface area contributed by atoms with Crippen LogP contribution in [0.1, 0.15) is 11.5 Å². The lowest BCUT2D eigenvalue weighted by molar-refractivity contribution is 0.197. The molecule has 0 aliphatic heterocycles. The molecule has 0 aliphatic rings. The molecule has 0 fully saturated rings. The maximum atomic E-state index is 6.04. The van der Waals surface area contributed by atoms with Crippen LogP contribution < -0.4 is 4.74 Å². The minimum Gasteiger partial charge on any atom is -0.481 e. The number of hydrogen-bond donors (Lipinski definition) is 0. The van der Waals surface area contributed by atoms with E-state index in [1.807, 2.05) is 6.92 Å². The third-order valence-electron chi connectivity index (χ3n) is 1.85. The molecule has 0 bridgehead atoms. The Labute approximate surface area is 94.6 Å². The van der Waals surface area contributed by atoms with Gasteiger partial charge in [0.1, 0.15) is 5.82 Å². The Kier molecular flexibility index (Phi) is 4.78. The number of halogens is 1. The zero-order valence-corrected chi connectivity index (χ0v) is 9.91. The fraction of sp³-hybridized carbons (Fsp3) is 0.600. The van der Waals surface area contributed by atoms with Gasteiger partial charge in [0.2, 0.25) is 5.88 Å². The average molecular weight is 231 g/mol. The highest BCUT2D eigenvalue weighted by atomic mass is 35.5. The number of alkyl halides is 1. The van der Waals surface area contributed by atoms with E-state index in [1.54, 1.807) is 20.3 Å². The second-order valence-electron chi connectivity index (χ2n) is 3.21. The molecule has 5 heteroatoms. The molecule has 0 radical (unpaired) electrons. The molecule has 0 amide bonds. The average Bonchev–Trinajstić information content (AvgIpc) is 2.17. The van der Waals surface area contributed by atoms with Crippen LogP contribution in [0, 0.1) is 6.92 Å². The van der Waals surface area contributed by atoms with E-state index in [0.29, 0.717) is 24.7 Å². The number of ether oxygens (including phenoxy) is 2. The lowest BCUT2D eigenvalue weighted by Crippen LogP contribution is -2.12. The summed E-state index contributed by atoms with van der Waals surface area (Å²) in [5, 5.41) is -0.0750. The van der Waals surface area contributed by atoms with Gasteiger partial charge >= 0.3 is 0 Å². The molecule has 1 heterocycles. The van der Waals surface area contributed by atoms with Gasteiger partial charge in [-0.1, -0.05) is 0 Å². The molecule has 1 rings (SSSR count). The van der Waals surface area contributed by atoms with E-state index >= 15 is 0 Å². The molecular formula is C10H15ClN2O2. The van der Waals surface area contributed by atoms with E-state index in [2.05, 4.69) is 9.97 Å². The minimum atomic E-state index is -0.0750. The molecule has 0 spiro atoms. The smallest absolute Gasteiger partial charge is 0.216 e. The summed E-state index contributed by atoms with van der Waals surface area (Å²) in [6, 6.07) is 1.79. The van der Waals surface area contributed by atoms with Gasteiger partial charge in [-0.25, -0.2) is 4.98 Å². The minimum absolute atomic E-state index is 0.0750. The van der Waals surface area contributed by atoms with Crippen molar-refractivity contribution in [2.24, 2.45) is 0 Å². The zero-order valence-electron chi connectivity index (χ0n) is 9.16. The quantitative estimate of drug-likeness (QED) is 0.721. The van der Waals surface area contributed by atoms with Crippen LogP contribution in [-0.2, 0) is 11.2 Å². The summed E-state index contributed by atoms with van der Waals surface area (Å²) in [5.74, 6) is 1.25. The lowest BCUT2D eigenvalue weighted by atomic mass is 10.2. The van der Waals surface area contributed by atoms with Gasteiger partial charge < -0.3 is 9.47 Å². The molecular weight excluding hydrogens is 216 g/mol. The van der Waals surface area contributed by atoms with E-state index in [9.17, 15) is 0 Å². The molecule has 1 aromatic heterocycles. The third kappa shape index (κ3) is 4.01. The maximum absolute atomic E-state index is 6.04. The molecule has 0 saturated carbocycles. The summed E-state index contributed by atoms with van der Waals surface area (Å²) >= 11 is 6.04. The highest BCUT2D eigenvalue weighted by molar-refractivity contribution is 6.20. The second-order valence-corrected chi connectivity index (χ2v) is 3.82. The molecule has 0 aliphatic carbocycles. The third-order valence-corrected chi connectivity index (χ3v) is 2.14. The van der Waals surface area contributed by atoms with E-state index < -0.39 is 0 Å². The zero-order chi connectivity index (χ0) is 11.3. The van der Waals surface area contributed by atoms with Gasteiger partial charge in [-0.15, -0.1) is 11.6 Å². The van der Waals surface area contributed by atoms with Crippen LogP contribution in [0.15, 0.2) is 6.07 Å². The monoisotopic (exact) mass is 230 g/mol. The number of hydrogen-bond acceptors (Lipinski definition) is 4. The highest BCUT2D eigenvalue weighted by Gasteiger charge is 2.08. The summed E-state index contributed by atoms with van der Waals surface area (Å²) in [4.78, 5) is 8.37. The number of methoxy groups -OCH3 is 2. The van der Waals surface area contributed by atoms with Crippen molar-refractivity contribution in [1.82, 2.24) is 9.97 Å². The van der Waals surface area contributed by atoms with Crippen molar-refractivity contribution >= 4 is 11.6 Å². The number of nitrogens with zero attached hydrogens (tertiary/aromatic N) is 2. The number of aryl methyl sites for hydroxylation is 1. The van der Waals surface area contributed by atoms with Crippen LogP contribution in [-0.4, -0.2) is 36.2 Å². The standard InChI is InChI=1S/C10H15ClN2O2/c1-7-12-9(4-8(11)6-14-2)5-10(13-7)15-3/h5,8H,4,6H2,1-3H3. The Morgan fingerprint density at radius 1 is 1.40 bits per heavy atom. The first kappa shape index (κ1) is 12.2. The van der Waals surface area contributed by atoms with Gasteiger partial charge in [0.05, 0.1) is 19.1 Å². The molecule has 0 N–H and O–H groups in total. The molecule has 0 aromatic carbocycles. The summed E-state index contributed by atoms with van der Waals surface area (Å²) in [7, 11) is 3.21. The van der Waals surface area contributed by atoms with Gasteiger partial charge in [-0.2, -0.15) is 4.98 Å². The van der Waals surface area contributed by atoms with Crippen LogP contribution in [0.2, 0.25) is 0 Å². The Balaban J connectivity index is 2.71. The van der Waals surface area contributed by atoms with Crippen molar-refractivity contribution in [3.8, 4) is 5.88 Å². The van der Waals surface area contributed by atoms with Gasteiger partial charge in [0.25, 0.3) is 0 Å². The molecule has 1 aromatic rings. The van der Waals surface area contributed by atoms with Crippen LogP contribution in [0.4, 0.5) is 0 Å². The molecule has 0 saturated heterocycles. The topological polar surface area (TPSA) is 44.2 Å². The van der Waals surface area contributed by atoms with E-state index in [4.69, 9.17) is 21.1 Å². The predicted octanol–water partition coefficient (Wildman–Crippen LogP) is 1.59. The fourth-order valence-electron chi connectivity index (χ4n) is 1.28. The molecule has 15 heavy (non-hydrogen) atoms. The summed E-state index contributed by atoms with van der Waals surface area (Å²) in [5.41, 5.74) is 0.872. The Morgan fingerprint density at radius 2 is 2.13 bits per heavy atom. The SMILES string of the molecule is COCC(Cl)Cc1cc(OC)nc(C)n1. The van der Waals surface area contributed by atoms with E-state index in [-0.39, 0.29) is 5.38 Å². The number of aromatic nitrogens is 2. The maximum Gasteiger partial charge on any atom is 0.216 e. The highest BCUT2D eigenvalue weighted by Crippen LogP contribution is 2.12. The molecule has 84 valence electrons. The fourth-order valence-corrected chi connectivity index (χ4v) is 1.56. The first-order valence-electron chi connectivity index (χ1n) is 4.67.